The van der Waals surface area contributed by atoms with Gasteiger partial charge in [-0.2, -0.15) is 0 Å². The van der Waals surface area contributed by atoms with Crippen LogP contribution in [-0.4, -0.2) is 29.6 Å². The third kappa shape index (κ3) is 3.11. The summed E-state index contributed by atoms with van der Waals surface area (Å²) in [5, 5.41) is 2.98. The van der Waals surface area contributed by atoms with Crippen LogP contribution in [0.25, 0.3) is 6.08 Å². The topological polar surface area (TPSA) is 66.5 Å². The van der Waals surface area contributed by atoms with E-state index >= 15 is 4.39 Å². The van der Waals surface area contributed by atoms with Gasteiger partial charge in [-0.15, -0.1) is 0 Å². The molecule has 3 aliphatic heterocycles. The van der Waals surface area contributed by atoms with Gasteiger partial charge in [0.05, 0.1) is 17.5 Å². The highest BCUT2D eigenvalue weighted by Gasteiger charge is 2.70. The maximum atomic E-state index is 15.1. The van der Waals surface area contributed by atoms with Crippen LogP contribution < -0.4 is 10.2 Å². The van der Waals surface area contributed by atoms with Crippen LogP contribution in [0.2, 0.25) is 0 Å². The molecule has 1 saturated heterocycles. The van der Waals surface area contributed by atoms with Crippen LogP contribution in [-0.2, 0) is 15.0 Å². The van der Waals surface area contributed by atoms with Crippen LogP contribution in [0.15, 0.2) is 78.9 Å². The number of hydrogen-bond acceptors (Lipinski definition) is 4. The van der Waals surface area contributed by atoms with Gasteiger partial charge < -0.3 is 10.2 Å². The van der Waals surface area contributed by atoms with Crippen LogP contribution in [0, 0.1) is 17.2 Å². The van der Waals surface area contributed by atoms with E-state index in [4.69, 9.17) is 0 Å². The lowest BCUT2D eigenvalue weighted by Gasteiger charge is -2.38. The minimum absolute atomic E-state index is 0.118. The van der Waals surface area contributed by atoms with Gasteiger partial charge in [0.25, 0.3) is 0 Å². The zero-order valence-electron chi connectivity index (χ0n) is 20.9. The molecule has 37 heavy (non-hydrogen) atoms. The highest BCUT2D eigenvalue weighted by Crippen LogP contribution is 2.58. The van der Waals surface area contributed by atoms with Crippen molar-refractivity contribution in [3.63, 3.8) is 0 Å². The number of carbonyl (C=O) groups is 3. The summed E-state index contributed by atoms with van der Waals surface area (Å²) in [6.45, 7) is 5.44. The van der Waals surface area contributed by atoms with E-state index in [0.29, 0.717) is 11.3 Å². The van der Waals surface area contributed by atoms with E-state index in [1.807, 2.05) is 80.3 Å². The zero-order chi connectivity index (χ0) is 26.1. The molecule has 186 valence electrons. The number of rotatable bonds is 3. The summed E-state index contributed by atoms with van der Waals surface area (Å²) in [6.07, 6.45) is 3.86. The Balaban J connectivity index is 1.70. The van der Waals surface area contributed by atoms with Crippen molar-refractivity contribution in [2.45, 2.75) is 38.3 Å². The molecule has 0 aromatic heterocycles. The quantitative estimate of drug-likeness (QED) is 0.494. The van der Waals surface area contributed by atoms with E-state index in [9.17, 15) is 14.4 Å². The second kappa shape index (κ2) is 7.97. The molecule has 5 nitrogen and oxygen atoms in total. The Labute approximate surface area is 215 Å². The monoisotopic (exact) mass is 494 g/mol. The summed E-state index contributed by atoms with van der Waals surface area (Å²) in [5.74, 6) is -2.90. The summed E-state index contributed by atoms with van der Waals surface area (Å²) in [6, 6.07) is 19.1. The lowest BCUT2D eigenvalue weighted by atomic mass is 9.63. The molecule has 6 rings (SSSR count). The number of Topliss-reactive ketones (excluding diaryl/α,β-unsaturated/α-hetero) is 2. The predicted octanol–water partition coefficient (Wildman–Crippen LogP) is 5.41. The second-order valence-electron chi connectivity index (χ2n) is 11.0. The molecule has 3 heterocycles. The molecule has 0 radical (unpaired) electrons. The number of ketones is 2. The van der Waals surface area contributed by atoms with Crippen molar-refractivity contribution in [1.82, 2.24) is 0 Å². The molecular weight excluding hydrogens is 467 g/mol. The van der Waals surface area contributed by atoms with Gasteiger partial charge >= 0.3 is 0 Å². The highest BCUT2D eigenvalue weighted by molar-refractivity contribution is 6.17. The zero-order valence-corrected chi connectivity index (χ0v) is 20.9. The van der Waals surface area contributed by atoms with Crippen molar-refractivity contribution in [3.05, 3.63) is 101 Å². The maximum Gasteiger partial charge on any atom is 0.238 e. The number of benzene rings is 3. The van der Waals surface area contributed by atoms with E-state index in [2.05, 4.69) is 5.32 Å². The summed E-state index contributed by atoms with van der Waals surface area (Å²) in [7, 11) is 0. The summed E-state index contributed by atoms with van der Waals surface area (Å²) in [5.41, 5.74) is 0.565. The molecule has 1 fully saturated rings. The Hall–Kier alpha value is -4.06. The van der Waals surface area contributed by atoms with E-state index in [-0.39, 0.29) is 17.3 Å². The molecule has 0 saturated carbocycles. The summed E-state index contributed by atoms with van der Waals surface area (Å²) >= 11 is 0. The van der Waals surface area contributed by atoms with E-state index in [1.54, 1.807) is 12.1 Å². The van der Waals surface area contributed by atoms with Crippen molar-refractivity contribution in [2.24, 2.45) is 11.3 Å². The fourth-order valence-corrected chi connectivity index (χ4v) is 6.39. The van der Waals surface area contributed by atoms with Gasteiger partial charge in [0, 0.05) is 16.8 Å². The lowest BCUT2D eigenvalue weighted by molar-refractivity contribution is -0.128. The number of halogens is 1. The summed E-state index contributed by atoms with van der Waals surface area (Å²) in [4.78, 5) is 44.8. The standard InChI is InChI=1S/C31H27FN2O3/c1-30(2,3)28(36)26-25(27(35)19-11-5-7-13-21(19)32)31(20-12-6-8-14-22(20)33-29(31)37)24-17-16-18-10-4-9-15-23(18)34(24)26/h4-17,24-26H,1-3H3,(H,33,37)/t24-,25-,26+,31+/m1/s1. The van der Waals surface area contributed by atoms with Crippen molar-refractivity contribution >= 4 is 34.9 Å². The molecular formula is C31H27FN2O3. The number of nitrogens with one attached hydrogen (secondary N) is 1. The Morgan fingerprint density at radius 1 is 0.946 bits per heavy atom. The number of nitrogens with zero attached hydrogens (tertiary/aromatic N) is 1. The first kappa shape index (κ1) is 23.3. The van der Waals surface area contributed by atoms with E-state index in [1.165, 1.54) is 18.2 Å². The Morgan fingerprint density at radius 2 is 1.62 bits per heavy atom. The molecule has 0 bridgehead atoms. The molecule has 4 atom stereocenters. The normalized spacial score (nSPS) is 25.5. The van der Waals surface area contributed by atoms with Gasteiger partial charge in [0.15, 0.2) is 11.6 Å². The van der Waals surface area contributed by atoms with E-state index in [0.717, 1.165) is 11.3 Å². The third-order valence-corrected chi connectivity index (χ3v) is 7.97. The third-order valence-electron chi connectivity index (χ3n) is 7.97. The minimum Gasteiger partial charge on any atom is -0.352 e. The van der Waals surface area contributed by atoms with Gasteiger partial charge in [-0.3, -0.25) is 14.4 Å². The Bertz CT molecular complexity index is 1500. The van der Waals surface area contributed by atoms with Gasteiger partial charge in [-0.05, 0) is 35.4 Å². The van der Waals surface area contributed by atoms with Crippen molar-refractivity contribution < 1.29 is 18.8 Å². The fraction of sp³-hybridized carbons (Fsp3) is 0.258. The lowest BCUT2D eigenvalue weighted by Crippen LogP contribution is -2.51. The molecule has 0 aliphatic carbocycles. The number of fused-ring (bicyclic) bond motifs is 6. The smallest absolute Gasteiger partial charge is 0.238 e. The number of hydrogen-bond donors (Lipinski definition) is 1. The van der Waals surface area contributed by atoms with Crippen molar-refractivity contribution in [2.75, 3.05) is 10.2 Å². The van der Waals surface area contributed by atoms with Crippen molar-refractivity contribution in [3.8, 4) is 0 Å². The number of anilines is 2. The molecule has 0 unspecified atom stereocenters. The average molecular weight is 495 g/mol. The Kier molecular flexibility index (Phi) is 5.03. The molecule has 6 heteroatoms. The first-order valence-electron chi connectivity index (χ1n) is 12.5. The molecule has 3 aromatic carbocycles. The van der Waals surface area contributed by atoms with Crippen molar-refractivity contribution in [1.29, 1.82) is 0 Å². The van der Waals surface area contributed by atoms with Gasteiger partial charge in [-0.1, -0.05) is 81.5 Å². The second-order valence-corrected chi connectivity index (χ2v) is 11.0. The SMILES string of the molecule is CC(C)(C)C(=O)[C@@H]1[C@H](C(=O)c2ccccc2F)[C@@]2(C(=O)Nc3ccccc32)[C@H]2C=Cc3ccccc3N12. The van der Waals surface area contributed by atoms with Crippen LogP contribution in [0.4, 0.5) is 15.8 Å². The van der Waals surface area contributed by atoms with Crippen LogP contribution >= 0.6 is 0 Å². The molecule has 1 N–H and O–H groups in total. The first-order chi connectivity index (χ1) is 17.7. The molecule has 1 amide bonds. The predicted molar refractivity (Wildman–Crippen MR) is 141 cm³/mol. The van der Waals surface area contributed by atoms with Gasteiger partial charge in [0.1, 0.15) is 17.3 Å². The van der Waals surface area contributed by atoms with E-state index < -0.39 is 40.4 Å². The molecule has 1 spiro atoms. The van der Waals surface area contributed by atoms with Gasteiger partial charge in [-0.25, -0.2) is 4.39 Å². The number of para-hydroxylation sites is 2. The van der Waals surface area contributed by atoms with Crippen LogP contribution in [0.5, 0.6) is 0 Å². The average Bonchev–Trinajstić information content (AvgIpc) is 3.35. The maximum absolute atomic E-state index is 15.1. The van der Waals surface area contributed by atoms with Gasteiger partial charge in [0.2, 0.25) is 5.91 Å². The van der Waals surface area contributed by atoms with Crippen LogP contribution in [0.3, 0.4) is 0 Å². The molecule has 3 aliphatic rings. The van der Waals surface area contributed by atoms with Crippen LogP contribution in [0.1, 0.15) is 42.3 Å². The largest absolute Gasteiger partial charge is 0.352 e. The first-order valence-corrected chi connectivity index (χ1v) is 12.5. The number of amides is 1. The summed E-state index contributed by atoms with van der Waals surface area (Å²) < 4.78 is 15.1. The minimum atomic E-state index is -1.43. The molecule has 3 aromatic rings. The number of carbonyl (C=O) groups excluding carboxylic acids is 3. The highest BCUT2D eigenvalue weighted by atomic mass is 19.1. The fourth-order valence-electron chi connectivity index (χ4n) is 6.39. The Morgan fingerprint density at radius 3 is 2.38 bits per heavy atom.